The van der Waals surface area contributed by atoms with Crippen LogP contribution in [0.25, 0.3) is 0 Å². The van der Waals surface area contributed by atoms with Gasteiger partial charge in [-0.1, -0.05) is 0 Å². The van der Waals surface area contributed by atoms with E-state index in [1.165, 1.54) is 14.2 Å². The minimum Gasteiger partial charge on any atom is -0.325 e. The van der Waals surface area contributed by atoms with Crippen LogP contribution in [-0.4, -0.2) is 20.3 Å². The van der Waals surface area contributed by atoms with Crippen molar-refractivity contribution >= 4 is 0 Å². The Kier molecular flexibility index (Phi) is 4.40. The Labute approximate surface area is 58.5 Å². The van der Waals surface area contributed by atoms with Crippen LogP contribution in [0, 0.1) is 0 Å². The molecular weight excluding hydrogens is 140 g/mol. The highest BCUT2D eigenvalue weighted by Gasteiger charge is 2.25. The van der Waals surface area contributed by atoms with Gasteiger partial charge >= 0.3 is 6.03 Å². The van der Waals surface area contributed by atoms with E-state index in [2.05, 4.69) is 19.9 Å². The van der Waals surface area contributed by atoms with Gasteiger partial charge in [-0.3, -0.25) is 10.6 Å². The molecule has 0 aromatic carbocycles. The first kappa shape index (κ1) is 9.72. The smallest absolute Gasteiger partial charge is 0.325 e. The van der Waals surface area contributed by atoms with E-state index in [4.69, 9.17) is 11.6 Å². The van der Waals surface area contributed by atoms with E-state index < -0.39 is 6.03 Å². The number of rotatable bonds is 5. The number of ether oxygens (including phenoxy) is 1. The van der Waals surface area contributed by atoms with Crippen molar-refractivity contribution in [2.75, 3.05) is 14.2 Å². The van der Waals surface area contributed by atoms with Gasteiger partial charge < -0.3 is 4.74 Å². The molecule has 7 heteroatoms. The monoisotopic (exact) mass is 152 g/mol. The average molecular weight is 152 g/mol. The summed E-state index contributed by atoms with van der Waals surface area (Å²) in [5, 5.41) is 0. The molecule has 0 heterocycles. The number of hydrogen-bond acceptors (Lipinski definition) is 7. The molecule has 0 radical (unpaired) electrons. The first-order valence-corrected chi connectivity index (χ1v) is 2.46. The van der Waals surface area contributed by atoms with E-state index in [1.54, 1.807) is 0 Å². The summed E-state index contributed by atoms with van der Waals surface area (Å²) < 4.78 is 4.60. The molecule has 0 bridgehead atoms. The van der Waals surface area contributed by atoms with Crippen molar-refractivity contribution in [2.45, 2.75) is 6.03 Å². The van der Waals surface area contributed by atoms with Crippen LogP contribution in [0.4, 0.5) is 0 Å². The third kappa shape index (κ3) is 3.03. The lowest BCUT2D eigenvalue weighted by Gasteiger charge is -2.25. The summed E-state index contributed by atoms with van der Waals surface area (Å²) in [6, 6.07) is -1.57. The highest BCUT2D eigenvalue weighted by atomic mass is 16.9. The van der Waals surface area contributed by atoms with E-state index in [9.17, 15) is 0 Å². The van der Waals surface area contributed by atoms with Gasteiger partial charge in [0.2, 0.25) is 0 Å². The molecule has 10 heavy (non-hydrogen) atoms. The van der Waals surface area contributed by atoms with Crippen LogP contribution in [-0.2, 0) is 14.4 Å². The van der Waals surface area contributed by atoms with Gasteiger partial charge in [-0.25, -0.2) is 10.7 Å². The summed E-state index contributed by atoms with van der Waals surface area (Å²) in [7, 11) is 2.68. The van der Waals surface area contributed by atoms with Crippen LogP contribution in [0.5, 0.6) is 0 Å². The summed E-state index contributed by atoms with van der Waals surface area (Å²) in [4.78, 5) is 8.90. The molecule has 7 nitrogen and oxygen atoms in total. The fourth-order valence-electron chi connectivity index (χ4n) is 0.334. The largest absolute Gasteiger partial charge is 0.328 e. The number of hydroxylamine groups is 1. The van der Waals surface area contributed by atoms with Crippen molar-refractivity contribution in [1.82, 2.24) is 11.1 Å². The van der Waals surface area contributed by atoms with E-state index in [0.717, 1.165) is 0 Å². The second kappa shape index (κ2) is 4.52. The third-order valence-electron chi connectivity index (χ3n) is 0.758. The van der Waals surface area contributed by atoms with Gasteiger partial charge in [0.05, 0.1) is 7.11 Å². The Morgan fingerprint density at radius 1 is 1.40 bits per heavy atom. The SMILES string of the molecule is CON[C@@](N)(OC)ONN. The van der Waals surface area contributed by atoms with Crippen LogP contribution in [0.1, 0.15) is 0 Å². The topological polar surface area (TPSA) is 104 Å². The number of nitrogens with one attached hydrogen (secondary N) is 2. The molecule has 6 N–H and O–H groups in total. The van der Waals surface area contributed by atoms with Crippen molar-refractivity contribution < 1.29 is 14.4 Å². The molecule has 1 atom stereocenters. The Balaban J connectivity index is 3.69. The van der Waals surface area contributed by atoms with Crippen molar-refractivity contribution in [1.29, 1.82) is 0 Å². The lowest BCUT2D eigenvalue weighted by molar-refractivity contribution is -0.313. The van der Waals surface area contributed by atoms with Crippen LogP contribution in [0.2, 0.25) is 0 Å². The van der Waals surface area contributed by atoms with Crippen LogP contribution >= 0.6 is 0 Å². The predicted molar refractivity (Wildman–Crippen MR) is 32.5 cm³/mol. The molecule has 0 aliphatic carbocycles. The third-order valence-corrected chi connectivity index (χ3v) is 0.758. The molecule has 0 saturated heterocycles. The summed E-state index contributed by atoms with van der Waals surface area (Å²) in [5.74, 6) is 4.79. The summed E-state index contributed by atoms with van der Waals surface area (Å²) in [6.07, 6.45) is 0. The standard InChI is InChI=1S/C3H12N4O3/c1-8-3(4,6-9-2)10-7-5/h6-7H,4-5H2,1-2H3/t3-/m0/s1. The zero-order valence-corrected chi connectivity index (χ0v) is 5.88. The van der Waals surface area contributed by atoms with Crippen molar-refractivity contribution in [2.24, 2.45) is 11.6 Å². The molecule has 0 unspecified atom stereocenters. The maximum atomic E-state index is 5.30. The molecule has 0 saturated carbocycles. The first-order chi connectivity index (χ1) is 4.68. The number of nitrogens with two attached hydrogens (primary N) is 2. The quantitative estimate of drug-likeness (QED) is 0.200. The van der Waals surface area contributed by atoms with Crippen LogP contribution < -0.4 is 22.6 Å². The lowest BCUT2D eigenvalue weighted by atomic mass is 10.9. The van der Waals surface area contributed by atoms with Crippen molar-refractivity contribution in [3.63, 3.8) is 0 Å². The summed E-state index contributed by atoms with van der Waals surface area (Å²) >= 11 is 0. The fraction of sp³-hybridized carbons (Fsp3) is 1.00. The van der Waals surface area contributed by atoms with Crippen LogP contribution in [0.3, 0.4) is 0 Å². The zero-order chi connectivity index (χ0) is 8.04. The van der Waals surface area contributed by atoms with Crippen LogP contribution in [0.15, 0.2) is 0 Å². The highest BCUT2D eigenvalue weighted by molar-refractivity contribution is 4.44. The van der Waals surface area contributed by atoms with Gasteiger partial charge in [0.25, 0.3) is 0 Å². The lowest BCUT2D eigenvalue weighted by Crippen LogP contribution is -2.60. The van der Waals surface area contributed by atoms with Crippen molar-refractivity contribution in [3.05, 3.63) is 0 Å². The molecule has 62 valence electrons. The minimum absolute atomic E-state index is 1.32. The second-order valence-corrected chi connectivity index (χ2v) is 1.40. The van der Waals surface area contributed by atoms with Gasteiger partial charge in [-0.15, -0.1) is 11.1 Å². The predicted octanol–water partition coefficient (Wildman–Crippen LogP) is -2.25. The Morgan fingerprint density at radius 2 is 2.00 bits per heavy atom. The first-order valence-electron chi connectivity index (χ1n) is 2.46. The van der Waals surface area contributed by atoms with Gasteiger partial charge in [0, 0.05) is 7.11 Å². The Morgan fingerprint density at radius 3 is 2.30 bits per heavy atom. The highest BCUT2D eigenvalue weighted by Crippen LogP contribution is 1.93. The summed E-state index contributed by atoms with van der Waals surface area (Å²) in [5.41, 5.74) is 9.35. The number of methoxy groups -OCH3 is 1. The minimum atomic E-state index is -1.57. The number of hydrazine groups is 1. The molecule has 0 aromatic rings. The van der Waals surface area contributed by atoms with E-state index in [1.807, 2.05) is 5.59 Å². The van der Waals surface area contributed by atoms with E-state index >= 15 is 0 Å². The molecule has 0 aromatic heterocycles. The molecule has 0 spiro atoms. The normalized spacial score (nSPS) is 16.8. The maximum absolute atomic E-state index is 5.30. The fourth-order valence-corrected chi connectivity index (χ4v) is 0.334. The van der Waals surface area contributed by atoms with Gasteiger partial charge in [-0.2, -0.15) is 0 Å². The van der Waals surface area contributed by atoms with E-state index in [0.29, 0.717) is 0 Å². The molecule has 0 amide bonds. The van der Waals surface area contributed by atoms with E-state index in [-0.39, 0.29) is 0 Å². The molecule has 0 rings (SSSR count). The van der Waals surface area contributed by atoms with Crippen molar-refractivity contribution in [3.8, 4) is 0 Å². The van der Waals surface area contributed by atoms with Gasteiger partial charge in [-0.05, 0) is 0 Å². The Hall–Kier alpha value is -0.280. The Bertz CT molecular complexity index is 83.8. The zero-order valence-electron chi connectivity index (χ0n) is 5.88. The second-order valence-electron chi connectivity index (χ2n) is 1.40. The van der Waals surface area contributed by atoms with Gasteiger partial charge in [0.15, 0.2) is 0 Å². The average Bonchev–Trinajstić information content (AvgIpc) is 1.89. The molecular formula is C3H12N4O3. The molecule has 0 fully saturated rings. The molecule has 0 aliphatic heterocycles. The molecule has 0 aliphatic rings. The maximum Gasteiger partial charge on any atom is 0.328 e. The van der Waals surface area contributed by atoms with Gasteiger partial charge in [0.1, 0.15) is 0 Å². The summed E-state index contributed by atoms with van der Waals surface area (Å²) in [6.45, 7) is 0. The number of hydrogen-bond donors (Lipinski definition) is 4.